The molecule has 5 heteroatoms. The van der Waals surface area contributed by atoms with Crippen molar-refractivity contribution in [3.05, 3.63) is 35.9 Å². The molecule has 0 aliphatic carbocycles. The highest BCUT2D eigenvalue weighted by atomic mass is 19.3. The molecule has 2 fully saturated rings. The Hall–Kier alpha value is -1.04. The van der Waals surface area contributed by atoms with Gasteiger partial charge in [0.1, 0.15) is 12.2 Å². The number of benzene rings is 1. The first kappa shape index (κ1) is 13.9. The summed E-state index contributed by atoms with van der Waals surface area (Å²) in [7, 11) is 0. The summed E-state index contributed by atoms with van der Waals surface area (Å²) in [5, 5.41) is 0. The van der Waals surface area contributed by atoms with Crippen molar-refractivity contribution >= 4 is 0 Å². The molecule has 110 valence electrons. The summed E-state index contributed by atoms with van der Waals surface area (Å²) >= 11 is 0. The Morgan fingerprint density at radius 1 is 1.10 bits per heavy atom. The molecule has 3 nitrogen and oxygen atoms in total. The van der Waals surface area contributed by atoms with Gasteiger partial charge in [-0.3, -0.25) is 0 Å². The van der Waals surface area contributed by atoms with Crippen LogP contribution in [0, 0.1) is 5.92 Å². The molecule has 2 saturated heterocycles. The van der Waals surface area contributed by atoms with Crippen molar-refractivity contribution in [3.63, 3.8) is 0 Å². The minimum Gasteiger partial charge on any atom is -0.364 e. The highest BCUT2D eigenvalue weighted by Gasteiger charge is 2.44. The number of alkyl halides is 2. The molecule has 1 aromatic rings. The molecule has 0 radical (unpaired) electrons. The lowest BCUT2D eigenvalue weighted by atomic mass is 9.91. The SMILES string of the molecule is C[C@H]1C[C@@H]2O[C@H](c3ccccc3)OC[C@H]2OC1C(F)F. The van der Waals surface area contributed by atoms with Crippen LogP contribution in [0.3, 0.4) is 0 Å². The quantitative estimate of drug-likeness (QED) is 0.835. The maximum Gasteiger partial charge on any atom is 0.264 e. The maximum absolute atomic E-state index is 12.9. The second kappa shape index (κ2) is 5.76. The van der Waals surface area contributed by atoms with E-state index < -0.39 is 24.9 Å². The lowest BCUT2D eigenvalue weighted by Crippen LogP contribution is -2.52. The molecule has 2 aliphatic heterocycles. The van der Waals surface area contributed by atoms with Gasteiger partial charge in [-0.1, -0.05) is 37.3 Å². The fraction of sp³-hybridized carbons (Fsp3) is 0.600. The number of hydrogen-bond donors (Lipinski definition) is 0. The van der Waals surface area contributed by atoms with Gasteiger partial charge in [0.2, 0.25) is 0 Å². The van der Waals surface area contributed by atoms with Crippen LogP contribution in [-0.4, -0.2) is 31.3 Å². The molecular weight excluding hydrogens is 266 g/mol. The third kappa shape index (κ3) is 2.71. The zero-order valence-corrected chi connectivity index (χ0v) is 11.2. The van der Waals surface area contributed by atoms with Crippen molar-refractivity contribution in [2.75, 3.05) is 6.61 Å². The van der Waals surface area contributed by atoms with Crippen LogP contribution in [0.25, 0.3) is 0 Å². The van der Waals surface area contributed by atoms with Crippen LogP contribution in [0.4, 0.5) is 8.78 Å². The molecule has 5 atom stereocenters. The molecule has 0 amide bonds. The van der Waals surface area contributed by atoms with Crippen LogP contribution < -0.4 is 0 Å². The van der Waals surface area contributed by atoms with E-state index in [1.807, 2.05) is 30.3 Å². The monoisotopic (exact) mass is 284 g/mol. The van der Waals surface area contributed by atoms with E-state index in [1.54, 1.807) is 6.92 Å². The van der Waals surface area contributed by atoms with Crippen LogP contribution in [0.1, 0.15) is 25.2 Å². The van der Waals surface area contributed by atoms with Gasteiger partial charge >= 0.3 is 0 Å². The van der Waals surface area contributed by atoms with Crippen molar-refractivity contribution in [1.82, 2.24) is 0 Å². The summed E-state index contributed by atoms with van der Waals surface area (Å²) in [4.78, 5) is 0. The van der Waals surface area contributed by atoms with E-state index in [2.05, 4.69) is 0 Å². The van der Waals surface area contributed by atoms with E-state index in [9.17, 15) is 8.78 Å². The Labute approximate surface area is 116 Å². The molecule has 0 bridgehead atoms. The molecule has 1 aromatic carbocycles. The minimum absolute atomic E-state index is 0.182. The highest BCUT2D eigenvalue weighted by Crippen LogP contribution is 2.37. The standard InChI is InChI=1S/C15H18F2O3/c1-9-7-11-12(19-13(9)14(16)17)8-18-15(20-11)10-5-3-2-4-6-10/h2-6,9,11-15H,7-8H2,1H3/t9-,11-,12+,13?,15+/m0/s1. The number of rotatable bonds is 2. The van der Waals surface area contributed by atoms with Gasteiger partial charge in [0.05, 0.1) is 12.7 Å². The first-order valence-electron chi connectivity index (χ1n) is 6.91. The number of halogens is 2. The topological polar surface area (TPSA) is 27.7 Å². The first-order valence-corrected chi connectivity index (χ1v) is 6.91. The fourth-order valence-electron chi connectivity index (χ4n) is 2.84. The van der Waals surface area contributed by atoms with Crippen molar-refractivity contribution < 1.29 is 23.0 Å². The summed E-state index contributed by atoms with van der Waals surface area (Å²) in [6.07, 6.45) is -3.91. The average molecular weight is 284 g/mol. The number of hydrogen-bond acceptors (Lipinski definition) is 3. The lowest BCUT2D eigenvalue weighted by molar-refractivity contribution is -0.304. The Bertz CT molecular complexity index is 440. The average Bonchev–Trinajstić information content (AvgIpc) is 2.46. The zero-order chi connectivity index (χ0) is 14.1. The predicted molar refractivity (Wildman–Crippen MR) is 68.5 cm³/mol. The van der Waals surface area contributed by atoms with Gasteiger partial charge in [-0.15, -0.1) is 0 Å². The molecule has 0 aromatic heterocycles. The fourth-order valence-corrected chi connectivity index (χ4v) is 2.84. The zero-order valence-electron chi connectivity index (χ0n) is 11.2. The third-order valence-corrected chi connectivity index (χ3v) is 3.94. The summed E-state index contributed by atoms with van der Waals surface area (Å²) in [6, 6.07) is 9.62. The second-order valence-corrected chi connectivity index (χ2v) is 5.44. The van der Waals surface area contributed by atoms with Crippen molar-refractivity contribution in [1.29, 1.82) is 0 Å². The maximum atomic E-state index is 12.9. The molecule has 3 rings (SSSR count). The van der Waals surface area contributed by atoms with E-state index in [0.29, 0.717) is 13.0 Å². The first-order chi connectivity index (χ1) is 9.65. The molecule has 2 heterocycles. The van der Waals surface area contributed by atoms with Crippen LogP contribution in [0.5, 0.6) is 0 Å². The van der Waals surface area contributed by atoms with Crippen LogP contribution >= 0.6 is 0 Å². The summed E-state index contributed by atoms with van der Waals surface area (Å²) in [6.45, 7) is 2.07. The highest BCUT2D eigenvalue weighted by molar-refractivity contribution is 5.16. The van der Waals surface area contributed by atoms with Gasteiger partial charge in [0, 0.05) is 5.56 Å². The normalized spacial score (nSPS) is 37.7. The molecule has 0 N–H and O–H groups in total. The van der Waals surface area contributed by atoms with Crippen LogP contribution in [0.15, 0.2) is 30.3 Å². The second-order valence-electron chi connectivity index (χ2n) is 5.44. The molecular formula is C15H18F2O3. The van der Waals surface area contributed by atoms with E-state index in [4.69, 9.17) is 14.2 Å². The van der Waals surface area contributed by atoms with Gasteiger partial charge in [-0.05, 0) is 12.3 Å². The lowest BCUT2D eigenvalue weighted by Gasteiger charge is -2.44. The predicted octanol–water partition coefficient (Wildman–Crippen LogP) is 3.16. The van der Waals surface area contributed by atoms with Crippen molar-refractivity contribution in [2.45, 2.75) is 44.4 Å². The van der Waals surface area contributed by atoms with E-state index in [1.165, 1.54) is 0 Å². The van der Waals surface area contributed by atoms with E-state index >= 15 is 0 Å². The third-order valence-electron chi connectivity index (χ3n) is 3.94. The van der Waals surface area contributed by atoms with Gasteiger partial charge in [-0.2, -0.15) is 0 Å². The number of ether oxygens (including phenoxy) is 3. The summed E-state index contributed by atoms with van der Waals surface area (Å²) in [5.74, 6) is -0.217. The largest absolute Gasteiger partial charge is 0.364 e. The Balaban J connectivity index is 1.68. The summed E-state index contributed by atoms with van der Waals surface area (Å²) < 4.78 is 42.7. The van der Waals surface area contributed by atoms with Crippen LogP contribution in [0.2, 0.25) is 0 Å². The van der Waals surface area contributed by atoms with E-state index in [-0.39, 0.29) is 12.0 Å². The Morgan fingerprint density at radius 3 is 2.55 bits per heavy atom. The number of fused-ring (bicyclic) bond motifs is 1. The van der Waals surface area contributed by atoms with Crippen molar-refractivity contribution in [3.8, 4) is 0 Å². The Kier molecular flexibility index (Phi) is 4.01. The van der Waals surface area contributed by atoms with Crippen LogP contribution in [-0.2, 0) is 14.2 Å². The molecule has 0 spiro atoms. The van der Waals surface area contributed by atoms with Gasteiger partial charge in [-0.25, -0.2) is 8.78 Å². The van der Waals surface area contributed by atoms with Crippen molar-refractivity contribution in [2.24, 2.45) is 5.92 Å². The smallest absolute Gasteiger partial charge is 0.264 e. The van der Waals surface area contributed by atoms with Gasteiger partial charge < -0.3 is 14.2 Å². The Morgan fingerprint density at radius 2 is 1.85 bits per heavy atom. The van der Waals surface area contributed by atoms with Gasteiger partial charge in [0.25, 0.3) is 6.43 Å². The van der Waals surface area contributed by atoms with Gasteiger partial charge in [0.15, 0.2) is 6.29 Å². The minimum atomic E-state index is -2.46. The molecule has 2 aliphatic rings. The van der Waals surface area contributed by atoms with E-state index in [0.717, 1.165) is 5.56 Å². The molecule has 0 saturated carbocycles. The molecule has 20 heavy (non-hydrogen) atoms. The summed E-state index contributed by atoms with van der Waals surface area (Å²) in [5.41, 5.74) is 0.939. The molecule has 1 unspecified atom stereocenters.